The zero-order valence-electron chi connectivity index (χ0n) is 60.4. The van der Waals surface area contributed by atoms with Crippen LogP contribution in [0.15, 0.2) is 364 Å². The Bertz CT molecular complexity index is 6900. The summed E-state index contributed by atoms with van der Waals surface area (Å²) in [5, 5.41) is 9.91. The van der Waals surface area contributed by atoms with Gasteiger partial charge in [0, 0.05) is 84.5 Å². The van der Waals surface area contributed by atoms with E-state index in [0.29, 0.717) is 0 Å². The lowest BCUT2D eigenvalue weighted by Gasteiger charge is -2.31. The van der Waals surface area contributed by atoms with Crippen molar-refractivity contribution in [3.63, 3.8) is 0 Å². The molecule has 0 spiro atoms. The van der Waals surface area contributed by atoms with E-state index in [-0.39, 0.29) is 10.8 Å². The second-order valence-electron chi connectivity index (χ2n) is 30.2. The number of fused-ring (bicyclic) bond motifs is 14. The first-order valence-electron chi connectivity index (χ1n) is 37.5. The van der Waals surface area contributed by atoms with E-state index < -0.39 is 0 Å². The van der Waals surface area contributed by atoms with Gasteiger partial charge in [-0.25, -0.2) is 0 Å². The molecule has 2 aromatic heterocycles. The van der Waals surface area contributed by atoms with Crippen LogP contribution in [0.3, 0.4) is 0 Å². The van der Waals surface area contributed by atoms with Crippen LogP contribution in [-0.2, 0) is 10.8 Å². The minimum atomic E-state index is -0.156. The SMILES string of the molecule is CC1(C)c2ccccc2-c2c(-c3ccccc3N(c3ccc(-c4ccc5ccccc5c4)cc3)c3ccccc3-c3ccc4sc5cc(-c6ccc(N(c7ccccc7-c7ccc8sc9ccccc9c8c7)c7ccccc7-c7cccc8c7-c7ccccc7C8(C)C)c7ccccc67)ccc5c4c3)cccc21. The fraction of sp³-hybridized carbons (Fsp3) is 0.0577. The molecule has 0 fully saturated rings. The van der Waals surface area contributed by atoms with Crippen molar-refractivity contribution in [1.82, 2.24) is 0 Å². The minimum absolute atomic E-state index is 0.145. The second kappa shape index (κ2) is 25.0. The molecule has 510 valence electrons. The number of benzene rings is 17. The minimum Gasteiger partial charge on any atom is -0.309 e. The highest BCUT2D eigenvalue weighted by Crippen LogP contribution is 2.58. The molecule has 108 heavy (non-hydrogen) atoms. The lowest BCUT2D eigenvalue weighted by Crippen LogP contribution is -2.15. The summed E-state index contributed by atoms with van der Waals surface area (Å²) in [4.78, 5) is 5.08. The summed E-state index contributed by atoms with van der Waals surface area (Å²) in [7, 11) is 0. The van der Waals surface area contributed by atoms with Gasteiger partial charge in [0.2, 0.25) is 0 Å². The summed E-state index contributed by atoms with van der Waals surface area (Å²) in [5.41, 5.74) is 31.2. The van der Waals surface area contributed by atoms with Gasteiger partial charge in [-0.3, -0.25) is 0 Å². The number of para-hydroxylation sites is 4. The van der Waals surface area contributed by atoms with Crippen molar-refractivity contribution in [2.24, 2.45) is 0 Å². The summed E-state index contributed by atoms with van der Waals surface area (Å²) >= 11 is 3.74. The van der Waals surface area contributed by atoms with Crippen LogP contribution in [0.4, 0.5) is 34.1 Å². The molecule has 4 heteroatoms. The standard InChI is InChI=1S/C104H72N2S2/c1-103(2)88-38-16-9-34-84(88)101-82(36-23-40-90(101)103)78-31-13-20-44-94(78)105(72-54-49-66(50-55-72)68-48-47-65-25-5-6-26-67(65)61-68)92-42-18-11-27-74(92)69-53-60-99-87(63-69)81-56-51-71(64-100(81)108-99)73-57-58-96(77-30-8-7-29-76(73)77)106(93-43-19-12-28-75(93)70-52-59-98-86(62-70)80-33-15-22-46-97(80)107-98)95-45-21-14-32-79(95)83-37-24-41-91-102(83)85-35-10-17-39-89(85)104(91,3)4/h5-64H,1-4H3. The van der Waals surface area contributed by atoms with E-state index in [1.54, 1.807) is 0 Å². The first kappa shape index (κ1) is 63.7. The predicted molar refractivity (Wildman–Crippen MR) is 464 cm³/mol. The molecule has 0 atom stereocenters. The van der Waals surface area contributed by atoms with E-state index >= 15 is 0 Å². The second-order valence-corrected chi connectivity index (χ2v) is 32.3. The van der Waals surface area contributed by atoms with Gasteiger partial charge in [0.15, 0.2) is 0 Å². The van der Waals surface area contributed by atoms with Crippen molar-refractivity contribution in [3.05, 3.63) is 386 Å². The van der Waals surface area contributed by atoms with E-state index in [1.165, 1.54) is 156 Å². The molecule has 0 saturated heterocycles. The molecule has 0 unspecified atom stereocenters. The Hall–Kier alpha value is -12.7. The number of rotatable bonds is 12. The van der Waals surface area contributed by atoms with Crippen LogP contribution in [0, 0.1) is 0 Å². The monoisotopic (exact) mass is 1410 g/mol. The summed E-state index contributed by atoms with van der Waals surface area (Å²) < 4.78 is 5.11. The Balaban J connectivity index is 0.695. The topological polar surface area (TPSA) is 6.48 Å². The fourth-order valence-electron chi connectivity index (χ4n) is 18.3. The maximum Gasteiger partial charge on any atom is 0.0540 e. The summed E-state index contributed by atoms with van der Waals surface area (Å²) in [6, 6.07) is 137. The third kappa shape index (κ3) is 10.0. The van der Waals surface area contributed by atoms with E-state index in [2.05, 4.69) is 401 Å². The first-order valence-corrected chi connectivity index (χ1v) is 39.2. The molecule has 0 bridgehead atoms. The van der Waals surface area contributed by atoms with Crippen molar-refractivity contribution >= 4 is 119 Å². The lowest BCUT2D eigenvalue weighted by atomic mass is 9.82. The number of nitrogens with zero attached hydrogens (tertiary/aromatic N) is 2. The number of hydrogen-bond acceptors (Lipinski definition) is 4. The van der Waals surface area contributed by atoms with Crippen LogP contribution in [0.2, 0.25) is 0 Å². The Morgan fingerprint density at radius 3 is 1.22 bits per heavy atom. The molecular weight excluding hydrogens is 1340 g/mol. The number of hydrogen-bond donors (Lipinski definition) is 0. The average Bonchev–Trinajstić information content (AvgIpc) is 1.39. The van der Waals surface area contributed by atoms with Crippen LogP contribution in [0.1, 0.15) is 49.9 Å². The summed E-state index contributed by atoms with van der Waals surface area (Å²) in [5.74, 6) is 0. The molecule has 0 saturated carbocycles. The Kier molecular flexibility index (Phi) is 14.7. The van der Waals surface area contributed by atoms with Gasteiger partial charge in [-0.1, -0.05) is 307 Å². The maximum atomic E-state index is 2.57. The number of thiophene rings is 2. The van der Waals surface area contributed by atoms with Gasteiger partial charge < -0.3 is 9.80 Å². The van der Waals surface area contributed by atoms with Crippen LogP contribution >= 0.6 is 22.7 Å². The number of anilines is 6. The molecule has 21 rings (SSSR count). The Morgan fingerprint density at radius 2 is 0.611 bits per heavy atom. The highest BCUT2D eigenvalue weighted by Gasteiger charge is 2.39. The zero-order valence-corrected chi connectivity index (χ0v) is 62.0. The molecule has 0 amide bonds. The largest absolute Gasteiger partial charge is 0.309 e. The van der Waals surface area contributed by atoms with Gasteiger partial charge in [0.05, 0.1) is 28.4 Å². The first-order chi connectivity index (χ1) is 53.1. The van der Waals surface area contributed by atoms with Crippen molar-refractivity contribution in [2.75, 3.05) is 9.80 Å². The van der Waals surface area contributed by atoms with E-state index in [4.69, 9.17) is 0 Å². The van der Waals surface area contributed by atoms with Crippen LogP contribution in [0.5, 0.6) is 0 Å². The predicted octanol–water partition coefficient (Wildman–Crippen LogP) is 30.3. The van der Waals surface area contributed by atoms with Gasteiger partial charge in [-0.2, -0.15) is 0 Å². The Labute approximate surface area is 637 Å². The smallest absolute Gasteiger partial charge is 0.0540 e. The van der Waals surface area contributed by atoms with Crippen molar-refractivity contribution in [2.45, 2.75) is 38.5 Å². The highest BCUT2D eigenvalue weighted by molar-refractivity contribution is 7.26. The normalized spacial score (nSPS) is 13.1. The molecule has 17 aromatic carbocycles. The summed E-state index contributed by atoms with van der Waals surface area (Å²) in [6.45, 7) is 9.51. The average molecular weight is 1410 g/mol. The molecule has 0 N–H and O–H groups in total. The van der Waals surface area contributed by atoms with Crippen LogP contribution < -0.4 is 9.80 Å². The van der Waals surface area contributed by atoms with E-state index in [9.17, 15) is 0 Å². The molecule has 0 aliphatic heterocycles. The summed E-state index contributed by atoms with van der Waals surface area (Å²) in [6.07, 6.45) is 0. The molecule has 0 radical (unpaired) electrons. The molecule has 19 aromatic rings. The maximum absolute atomic E-state index is 2.57. The van der Waals surface area contributed by atoms with Crippen molar-refractivity contribution in [3.8, 4) is 89.0 Å². The third-order valence-electron chi connectivity index (χ3n) is 23.5. The third-order valence-corrected chi connectivity index (χ3v) is 25.8. The van der Waals surface area contributed by atoms with E-state index in [0.717, 1.165) is 50.8 Å². The van der Waals surface area contributed by atoms with Crippen molar-refractivity contribution in [1.29, 1.82) is 0 Å². The van der Waals surface area contributed by atoms with E-state index in [1.807, 2.05) is 22.7 Å². The molecule has 2 heterocycles. The fourth-order valence-corrected chi connectivity index (χ4v) is 20.5. The quantitative estimate of drug-likeness (QED) is 0.120. The van der Waals surface area contributed by atoms with Crippen LogP contribution in [-0.4, -0.2) is 0 Å². The van der Waals surface area contributed by atoms with Gasteiger partial charge >= 0.3 is 0 Å². The zero-order chi connectivity index (χ0) is 71.9. The highest BCUT2D eigenvalue weighted by atomic mass is 32.1. The van der Waals surface area contributed by atoms with Gasteiger partial charge in [-0.05, 0) is 190 Å². The van der Waals surface area contributed by atoms with Crippen molar-refractivity contribution < 1.29 is 0 Å². The molecule has 2 aliphatic rings. The van der Waals surface area contributed by atoms with Crippen LogP contribution in [0.25, 0.3) is 151 Å². The Morgan fingerprint density at radius 1 is 0.204 bits per heavy atom. The molecule has 2 nitrogen and oxygen atoms in total. The van der Waals surface area contributed by atoms with Gasteiger partial charge in [0.1, 0.15) is 0 Å². The lowest BCUT2D eigenvalue weighted by molar-refractivity contribution is 0.660. The molecule has 2 aliphatic carbocycles. The van der Waals surface area contributed by atoms with Gasteiger partial charge in [0.25, 0.3) is 0 Å². The van der Waals surface area contributed by atoms with Gasteiger partial charge in [-0.15, -0.1) is 22.7 Å². The molecular formula is C104H72N2S2.